The third kappa shape index (κ3) is 3.56. The molecule has 0 aromatic heterocycles. The summed E-state index contributed by atoms with van der Waals surface area (Å²) in [5.74, 6) is -4.05. The van der Waals surface area contributed by atoms with E-state index in [0.29, 0.717) is 0 Å². The first-order valence-electron chi connectivity index (χ1n) is 6.11. The number of nitrogens with one attached hydrogen (secondary N) is 1. The van der Waals surface area contributed by atoms with E-state index >= 15 is 0 Å². The second-order valence-electron chi connectivity index (χ2n) is 4.33. The highest BCUT2D eigenvalue weighted by Crippen LogP contribution is 2.29. The van der Waals surface area contributed by atoms with Crippen molar-refractivity contribution in [2.24, 2.45) is 15.0 Å². The van der Waals surface area contributed by atoms with Crippen LogP contribution in [-0.2, 0) is 14.4 Å². The first kappa shape index (κ1) is 15.8. The number of aliphatic imine (C=N–C) groups is 3. The molecule has 0 saturated carbocycles. The number of aliphatic carboxylic acids is 2. The first-order valence-corrected chi connectivity index (χ1v) is 6.11. The molecule has 0 fully saturated rings. The van der Waals surface area contributed by atoms with Gasteiger partial charge in [-0.15, -0.1) is 0 Å². The molecule has 23 heavy (non-hydrogen) atoms. The Balaban J connectivity index is 2.49. The molecular formula is C13H10N4O6. The van der Waals surface area contributed by atoms with Crippen molar-refractivity contribution in [3.63, 3.8) is 0 Å². The van der Waals surface area contributed by atoms with Gasteiger partial charge in [-0.2, -0.15) is 0 Å². The number of hydrogen-bond donors (Lipinski definition) is 4. The Bertz CT molecular complexity index is 777. The van der Waals surface area contributed by atoms with Gasteiger partial charge in [0.05, 0.1) is 11.4 Å². The smallest absolute Gasteiger partial charge is 0.357 e. The molecule has 1 aromatic carbocycles. The normalized spacial score (nSPS) is 13.2. The average Bonchev–Trinajstić information content (AvgIpc) is 2.85. The van der Waals surface area contributed by atoms with E-state index in [-0.39, 0.29) is 17.1 Å². The fraction of sp³-hybridized carbons (Fsp3) is 0.0769. The summed E-state index contributed by atoms with van der Waals surface area (Å²) in [5.41, 5.74) is -1.22. The van der Waals surface area contributed by atoms with E-state index in [1.165, 1.54) is 25.1 Å². The number of aromatic hydroxyl groups is 1. The maximum atomic E-state index is 11.1. The summed E-state index contributed by atoms with van der Waals surface area (Å²) in [6.45, 7) is 1.25. The molecule has 0 aliphatic carbocycles. The highest BCUT2D eigenvalue weighted by atomic mass is 16.4. The third-order valence-electron chi connectivity index (χ3n) is 2.56. The van der Waals surface area contributed by atoms with Gasteiger partial charge in [0.1, 0.15) is 5.75 Å². The lowest BCUT2D eigenvalue weighted by Crippen LogP contribution is -2.27. The van der Waals surface area contributed by atoms with Crippen LogP contribution in [0.15, 0.2) is 33.2 Å². The fourth-order valence-electron chi connectivity index (χ4n) is 1.70. The van der Waals surface area contributed by atoms with E-state index < -0.39 is 35.2 Å². The van der Waals surface area contributed by atoms with Gasteiger partial charge in [0.2, 0.25) is 5.91 Å². The van der Waals surface area contributed by atoms with Crippen molar-refractivity contribution in [2.75, 3.05) is 5.32 Å². The highest BCUT2D eigenvalue weighted by Gasteiger charge is 2.29. The minimum absolute atomic E-state index is 0.122. The Morgan fingerprint density at radius 2 is 1.65 bits per heavy atom. The van der Waals surface area contributed by atoms with E-state index in [1.54, 1.807) is 0 Å². The van der Waals surface area contributed by atoms with Crippen LogP contribution in [0.2, 0.25) is 0 Å². The van der Waals surface area contributed by atoms with Crippen LogP contribution < -0.4 is 5.32 Å². The zero-order chi connectivity index (χ0) is 17.1. The molecule has 4 N–H and O–H groups in total. The van der Waals surface area contributed by atoms with Crippen molar-refractivity contribution in [1.82, 2.24) is 0 Å². The molecule has 0 spiro atoms. The van der Waals surface area contributed by atoms with Crippen LogP contribution in [0.3, 0.4) is 0 Å². The van der Waals surface area contributed by atoms with Crippen molar-refractivity contribution in [2.45, 2.75) is 6.92 Å². The maximum absolute atomic E-state index is 11.1. The Morgan fingerprint density at radius 3 is 2.13 bits per heavy atom. The van der Waals surface area contributed by atoms with Crippen LogP contribution in [-0.4, -0.2) is 50.5 Å². The van der Waals surface area contributed by atoms with Gasteiger partial charge >= 0.3 is 11.9 Å². The molecule has 0 atom stereocenters. The molecule has 0 saturated heterocycles. The number of amides is 1. The van der Waals surface area contributed by atoms with Gasteiger partial charge in [-0.05, 0) is 12.1 Å². The number of hydrogen-bond acceptors (Lipinski definition) is 5. The summed E-state index contributed by atoms with van der Waals surface area (Å²) in [5, 5.41) is 29.7. The Morgan fingerprint density at radius 1 is 1.09 bits per heavy atom. The molecule has 1 aliphatic heterocycles. The number of rotatable bonds is 4. The number of phenols is 1. The quantitative estimate of drug-likeness (QED) is 0.628. The van der Waals surface area contributed by atoms with E-state index in [2.05, 4.69) is 20.3 Å². The number of nitrogens with zero attached hydrogens (tertiary/aromatic N) is 3. The van der Waals surface area contributed by atoms with Crippen molar-refractivity contribution in [1.29, 1.82) is 0 Å². The predicted octanol–water partition coefficient (Wildman–Crippen LogP) is 0.403. The van der Waals surface area contributed by atoms with E-state index in [1.807, 2.05) is 0 Å². The molecule has 1 amide bonds. The van der Waals surface area contributed by atoms with Crippen molar-refractivity contribution >= 4 is 46.6 Å². The topological polar surface area (TPSA) is 161 Å². The standard InChI is InChI=1S/C13H10N4O6/c1-5(18)14-8-4-6(19)2-3-7(8)15-13-16-9(11(20)21)10(17-13)12(22)23/h2-4,19H,1H3,(H,14,18)(H,20,21)(H,22,23). The van der Waals surface area contributed by atoms with Gasteiger partial charge < -0.3 is 20.6 Å². The zero-order valence-corrected chi connectivity index (χ0v) is 11.6. The molecule has 10 nitrogen and oxygen atoms in total. The molecule has 10 heteroatoms. The summed E-state index contributed by atoms with van der Waals surface area (Å²) in [6.07, 6.45) is 0. The van der Waals surface area contributed by atoms with Crippen LogP contribution in [0.1, 0.15) is 6.92 Å². The molecule has 1 aliphatic rings. The average molecular weight is 318 g/mol. The zero-order valence-electron chi connectivity index (χ0n) is 11.6. The number of anilines is 1. The van der Waals surface area contributed by atoms with Crippen LogP contribution in [0.5, 0.6) is 5.75 Å². The predicted molar refractivity (Wildman–Crippen MR) is 79.6 cm³/mol. The second-order valence-corrected chi connectivity index (χ2v) is 4.33. The molecule has 1 heterocycles. The number of carbonyl (C=O) groups excluding carboxylic acids is 1. The molecule has 1 aromatic rings. The van der Waals surface area contributed by atoms with Gasteiger partial charge in [-0.3, -0.25) is 4.79 Å². The van der Waals surface area contributed by atoms with E-state index in [4.69, 9.17) is 10.2 Å². The number of carboxylic acid groups (broad SMARTS) is 2. The minimum atomic E-state index is -1.55. The van der Waals surface area contributed by atoms with Crippen LogP contribution in [0, 0.1) is 0 Å². The lowest BCUT2D eigenvalue weighted by atomic mass is 10.2. The summed E-state index contributed by atoms with van der Waals surface area (Å²) in [7, 11) is 0. The molecule has 2 rings (SSSR count). The molecule has 118 valence electrons. The van der Waals surface area contributed by atoms with Crippen molar-refractivity contribution in [3.8, 4) is 5.75 Å². The van der Waals surface area contributed by atoms with Gasteiger partial charge in [-0.25, -0.2) is 24.6 Å². The highest BCUT2D eigenvalue weighted by molar-refractivity contribution is 6.81. The molecule has 0 bridgehead atoms. The first-order chi connectivity index (χ1) is 10.8. The van der Waals surface area contributed by atoms with Gasteiger partial charge in [0.25, 0.3) is 5.96 Å². The molecule has 0 unspecified atom stereocenters. The Labute approximate surface area is 128 Å². The maximum Gasteiger partial charge on any atom is 0.357 e. The van der Waals surface area contributed by atoms with Gasteiger partial charge in [0.15, 0.2) is 11.4 Å². The SMILES string of the molecule is CC(=O)Nc1cc(O)ccc1N=C1N=C(C(=O)O)C(C(=O)O)=N1. The van der Waals surface area contributed by atoms with Crippen LogP contribution in [0.25, 0.3) is 0 Å². The van der Waals surface area contributed by atoms with Crippen LogP contribution >= 0.6 is 0 Å². The monoisotopic (exact) mass is 318 g/mol. The molecular weight excluding hydrogens is 308 g/mol. The summed E-state index contributed by atoms with van der Waals surface area (Å²) < 4.78 is 0. The Hall–Kier alpha value is -3.56. The number of phenolic OH excluding ortho intramolecular Hbond substituents is 1. The number of benzene rings is 1. The number of guanidine groups is 1. The summed E-state index contributed by atoms with van der Waals surface area (Å²) >= 11 is 0. The lowest BCUT2D eigenvalue weighted by molar-refractivity contribution is -0.131. The minimum Gasteiger partial charge on any atom is -0.508 e. The van der Waals surface area contributed by atoms with Gasteiger partial charge in [0, 0.05) is 13.0 Å². The summed E-state index contributed by atoms with van der Waals surface area (Å²) in [4.78, 5) is 44.0. The summed E-state index contributed by atoms with van der Waals surface area (Å²) in [6, 6.07) is 3.83. The number of carbonyl (C=O) groups is 3. The molecule has 0 radical (unpaired) electrons. The largest absolute Gasteiger partial charge is 0.508 e. The van der Waals surface area contributed by atoms with Crippen LogP contribution in [0.4, 0.5) is 11.4 Å². The van der Waals surface area contributed by atoms with Gasteiger partial charge in [-0.1, -0.05) is 0 Å². The second kappa shape index (κ2) is 6.05. The van der Waals surface area contributed by atoms with Crippen molar-refractivity contribution < 1.29 is 29.7 Å². The number of carboxylic acids is 2. The fourth-order valence-corrected chi connectivity index (χ4v) is 1.70. The Kier molecular flexibility index (Phi) is 4.16. The van der Waals surface area contributed by atoms with E-state index in [9.17, 15) is 19.5 Å². The third-order valence-corrected chi connectivity index (χ3v) is 2.56. The van der Waals surface area contributed by atoms with E-state index in [0.717, 1.165) is 0 Å². The van der Waals surface area contributed by atoms with Crippen molar-refractivity contribution in [3.05, 3.63) is 18.2 Å². The lowest BCUT2D eigenvalue weighted by Gasteiger charge is -2.06.